The Morgan fingerprint density at radius 2 is 1.21 bits per heavy atom. The lowest BCUT2D eigenvalue weighted by atomic mass is 9.80. The van der Waals surface area contributed by atoms with Crippen LogP contribution >= 0.6 is 0 Å². The van der Waals surface area contributed by atoms with Gasteiger partial charge in [-0.25, -0.2) is 0 Å². The summed E-state index contributed by atoms with van der Waals surface area (Å²) in [6.45, 7) is 3.71. The number of ketones is 2. The van der Waals surface area contributed by atoms with Gasteiger partial charge in [0.2, 0.25) is 0 Å². The third-order valence-corrected chi connectivity index (χ3v) is 6.68. The van der Waals surface area contributed by atoms with Crippen molar-refractivity contribution in [3.05, 3.63) is 58.8 Å². The number of carbonyl (C=O) groups excluding carboxylic acids is 2. The standard InChI is InChI=1S/C24H23N3O2/c28-23-15-7-1-2-8-16(15)24(29)19-18(23)21(26-11-3-4-12-26)17-9-10-25-20(17)22(19)27-13-5-6-14-27/h1-2,7-10,25H,3-6,11-14H2. The highest BCUT2D eigenvalue weighted by Gasteiger charge is 2.39. The van der Waals surface area contributed by atoms with E-state index in [1.807, 2.05) is 18.3 Å². The van der Waals surface area contributed by atoms with Crippen LogP contribution in [0.15, 0.2) is 36.5 Å². The first-order valence-electron chi connectivity index (χ1n) is 10.6. The SMILES string of the molecule is O=C1c2ccccc2C(=O)c2c1c(N1CCCC1)c1cc[nH]c1c2N1CCCC1. The fourth-order valence-corrected chi connectivity index (χ4v) is 5.38. The van der Waals surface area contributed by atoms with Gasteiger partial charge in [-0.05, 0) is 31.7 Å². The summed E-state index contributed by atoms with van der Waals surface area (Å²) < 4.78 is 0. The minimum absolute atomic E-state index is 0.0133. The van der Waals surface area contributed by atoms with Gasteiger partial charge in [-0.2, -0.15) is 0 Å². The molecule has 0 radical (unpaired) electrons. The number of fused-ring (bicyclic) bond motifs is 3. The van der Waals surface area contributed by atoms with Crippen molar-refractivity contribution >= 4 is 33.8 Å². The highest BCUT2D eigenvalue weighted by molar-refractivity contribution is 6.35. The van der Waals surface area contributed by atoms with Gasteiger partial charge in [-0.15, -0.1) is 0 Å². The Balaban J connectivity index is 1.74. The van der Waals surface area contributed by atoms with E-state index >= 15 is 0 Å². The normalized spacial score (nSPS) is 18.6. The van der Waals surface area contributed by atoms with E-state index in [2.05, 4.69) is 20.9 Å². The molecule has 146 valence electrons. The fraction of sp³-hybridized carbons (Fsp3) is 0.333. The number of nitrogens with zero attached hydrogens (tertiary/aromatic N) is 2. The molecule has 0 atom stereocenters. The van der Waals surface area contributed by atoms with Gasteiger partial charge in [0.15, 0.2) is 11.6 Å². The van der Waals surface area contributed by atoms with E-state index in [1.54, 1.807) is 12.1 Å². The van der Waals surface area contributed by atoms with Crippen molar-refractivity contribution in [2.24, 2.45) is 0 Å². The van der Waals surface area contributed by atoms with E-state index in [-0.39, 0.29) is 11.6 Å². The molecule has 5 heteroatoms. The molecule has 0 bridgehead atoms. The highest BCUT2D eigenvalue weighted by atomic mass is 16.1. The molecule has 0 unspecified atom stereocenters. The zero-order valence-electron chi connectivity index (χ0n) is 16.3. The molecule has 5 nitrogen and oxygen atoms in total. The molecule has 0 saturated carbocycles. The molecule has 3 aromatic rings. The van der Waals surface area contributed by atoms with Gasteiger partial charge in [0, 0.05) is 48.9 Å². The molecule has 1 aromatic heterocycles. The third-order valence-electron chi connectivity index (χ3n) is 6.68. The molecule has 29 heavy (non-hydrogen) atoms. The van der Waals surface area contributed by atoms with E-state index in [1.165, 1.54) is 0 Å². The molecule has 0 spiro atoms. The van der Waals surface area contributed by atoms with E-state index < -0.39 is 0 Å². The van der Waals surface area contributed by atoms with Gasteiger partial charge in [0.25, 0.3) is 0 Å². The molecule has 0 amide bonds. The van der Waals surface area contributed by atoms with Gasteiger partial charge in [0.05, 0.1) is 28.0 Å². The van der Waals surface area contributed by atoms with Crippen LogP contribution in [-0.2, 0) is 0 Å². The number of nitrogens with one attached hydrogen (secondary N) is 1. The lowest BCUT2D eigenvalue weighted by molar-refractivity contribution is 0.0980. The Labute approximate surface area is 169 Å². The Hall–Kier alpha value is -3.08. The monoisotopic (exact) mass is 385 g/mol. The maximum absolute atomic E-state index is 13.8. The van der Waals surface area contributed by atoms with Crippen molar-refractivity contribution in [2.45, 2.75) is 25.7 Å². The van der Waals surface area contributed by atoms with Gasteiger partial charge < -0.3 is 14.8 Å². The first-order valence-corrected chi connectivity index (χ1v) is 10.6. The second kappa shape index (κ2) is 6.21. The van der Waals surface area contributed by atoms with E-state index in [0.717, 1.165) is 74.1 Å². The van der Waals surface area contributed by atoms with Crippen LogP contribution in [0.5, 0.6) is 0 Å². The summed E-state index contributed by atoms with van der Waals surface area (Å²) in [4.78, 5) is 35.5. The van der Waals surface area contributed by atoms with Crippen LogP contribution in [0.4, 0.5) is 11.4 Å². The number of rotatable bonds is 2. The predicted molar refractivity (Wildman–Crippen MR) is 114 cm³/mol. The van der Waals surface area contributed by atoms with Crippen LogP contribution in [0.3, 0.4) is 0 Å². The Morgan fingerprint density at radius 3 is 1.79 bits per heavy atom. The second-order valence-corrected chi connectivity index (χ2v) is 8.31. The van der Waals surface area contributed by atoms with Crippen molar-refractivity contribution in [1.29, 1.82) is 0 Å². The van der Waals surface area contributed by atoms with E-state index in [0.29, 0.717) is 22.3 Å². The third kappa shape index (κ3) is 2.27. The smallest absolute Gasteiger partial charge is 0.196 e. The summed E-state index contributed by atoms with van der Waals surface area (Å²) >= 11 is 0. The van der Waals surface area contributed by atoms with Crippen molar-refractivity contribution in [3.63, 3.8) is 0 Å². The van der Waals surface area contributed by atoms with Crippen molar-refractivity contribution in [2.75, 3.05) is 36.0 Å². The first kappa shape index (κ1) is 16.8. The van der Waals surface area contributed by atoms with E-state index in [9.17, 15) is 9.59 Å². The number of hydrogen-bond donors (Lipinski definition) is 1. The number of benzene rings is 2. The predicted octanol–water partition coefficient (Wildman–Crippen LogP) is 4.14. The van der Waals surface area contributed by atoms with Gasteiger partial charge in [-0.1, -0.05) is 24.3 Å². The maximum atomic E-state index is 13.8. The minimum Gasteiger partial charge on any atom is -0.370 e. The van der Waals surface area contributed by atoms with Crippen LogP contribution in [-0.4, -0.2) is 42.7 Å². The molecule has 2 saturated heterocycles. The first-order chi connectivity index (χ1) is 14.3. The Kier molecular flexibility index (Phi) is 3.60. The topological polar surface area (TPSA) is 56.4 Å². The largest absolute Gasteiger partial charge is 0.370 e. The van der Waals surface area contributed by atoms with Crippen LogP contribution in [0.25, 0.3) is 10.9 Å². The highest BCUT2D eigenvalue weighted by Crippen LogP contribution is 2.46. The summed E-state index contributed by atoms with van der Waals surface area (Å²) in [6, 6.07) is 9.35. The minimum atomic E-state index is -0.0194. The molecular weight excluding hydrogens is 362 g/mol. The Morgan fingerprint density at radius 1 is 0.690 bits per heavy atom. The molecule has 2 fully saturated rings. The number of H-pyrrole nitrogens is 1. The number of aromatic amines is 1. The summed E-state index contributed by atoms with van der Waals surface area (Å²) in [7, 11) is 0. The summed E-state index contributed by atoms with van der Waals surface area (Å²) in [5.74, 6) is -0.0327. The lowest BCUT2D eigenvalue weighted by Gasteiger charge is -2.31. The molecule has 1 N–H and O–H groups in total. The average Bonchev–Trinajstić information content (AvgIpc) is 3.52. The van der Waals surface area contributed by atoms with Gasteiger partial charge >= 0.3 is 0 Å². The van der Waals surface area contributed by atoms with Crippen molar-refractivity contribution < 1.29 is 9.59 Å². The van der Waals surface area contributed by atoms with Crippen LogP contribution < -0.4 is 9.80 Å². The van der Waals surface area contributed by atoms with Crippen molar-refractivity contribution in [1.82, 2.24) is 4.98 Å². The summed E-state index contributed by atoms with van der Waals surface area (Å²) in [5, 5.41) is 1.06. The van der Waals surface area contributed by atoms with Crippen LogP contribution in [0, 0.1) is 0 Å². The maximum Gasteiger partial charge on any atom is 0.196 e. The zero-order chi connectivity index (χ0) is 19.5. The van der Waals surface area contributed by atoms with E-state index in [4.69, 9.17) is 0 Å². The molecule has 3 heterocycles. The average molecular weight is 385 g/mol. The number of carbonyl (C=O) groups is 2. The molecule has 1 aliphatic carbocycles. The van der Waals surface area contributed by atoms with Crippen LogP contribution in [0.1, 0.15) is 57.5 Å². The zero-order valence-corrected chi connectivity index (χ0v) is 16.3. The summed E-state index contributed by atoms with van der Waals surface area (Å²) in [5.41, 5.74) is 5.15. The van der Waals surface area contributed by atoms with Crippen molar-refractivity contribution in [3.8, 4) is 0 Å². The Bertz CT molecular complexity index is 1080. The fourth-order valence-electron chi connectivity index (χ4n) is 5.38. The number of anilines is 2. The van der Waals surface area contributed by atoms with Gasteiger partial charge in [0.1, 0.15) is 0 Å². The summed E-state index contributed by atoms with van der Waals surface area (Å²) in [6.07, 6.45) is 6.41. The molecule has 3 aliphatic rings. The molecule has 6 rings (SSSR count). The number of hydrogen-bond acceptors (Lipinski definition) is 4. The number of aromatic nitrogens is 1. The van der Waals surface area contributed by atoms with Gasteiger partial charge in [-0.3, -0.25) is 9.59 Å². The van der Waals surface area contributed by atoms with Crippen LogP contribution in [0.2, 0.25) is 0 Å². The molecule has 2 aliphatic heterocycles. The molecular formula is C24H23N3O2. The second-order valence-electron chi connectivity index (χ2n) is 8.31. The quantitative estimate of drug-likeness (QED) is 0.563. The lowest BCUT2D eigenvalue weighted by Crippen LogP contribution is -2.30. The molecule has 2 aromatic carbocycles.